The van der Waals surface area contributed by atoms with Gasteiger partial charge < -0.3 is 15.4 Å². The molecule has 0 saturated carbocycles. The van der Waals surface area contributed by atoms with Crippen LogP contribution in [0.15, 0.2) is 24.3 Å². The van der Waals surface area contributed by atoms with Gasteiger partial charge >= 0.3 is 0 Å². The van der Waals surface area contributed by atoms with E-state index in [2.05, 4.69) is 24.5 Å². The highest BCUT2D eigenvalue weighted by Gasteiger charge is 2.15. The van der Waals surface area contributed by atoms with Crippen LogP contribution in [0.2, 0.25) is 0 Å². The van der Waals surface area contributed by atoms with Crippen molar-refractivity contribution in [2.45, 2.75) is 37.6 Å². The molecule has 2 N–H and O–H groups in total. The minimum Gasteiger partial charge on any atom is -0.481 e. The number of hydrogen-bond donors (Lipinski definition) is 2. The van der Waals surface area contributed by atoms with Gasteiger partial charge in [-0.25, -0.2) is 0 Å². The van der Waals surface area contributed by atoms with Crippen LogP contribution in [0.5, 0.6) is 5.75 Å². The topological polar surface area (TPSA) is 67.4 Å². The molecule has 1 unspecified atom stereocenters. The van der Waals surface area contributed by atoms with E-state index in [0.717, 1.165) is 0 Å². The fourth-order valence-electron chi connectivity index (χ4n) is 1.78. The summed E-state index contributed by atoms with van der Waals surface area (Å²) in [6.07, 6.45) is -0.635. The van der Waals surface area contributed by atoms with Crippen molar-refractivity contribution in [3.05, 3.63) is 29.8 Å². The first-order chi connectivity index (χ1) is 10.8. The summed E-state index contributed by atoms with van der Waals surface area (Å²) in [6, 6.07) is 7.66. The maximum Gasteiger partial charge on any atom is 0.260 e. The molecule has 23 heavy (non-hydrogen) atoms. The highest BCUT2D eigenvalue weighted by atomic mass is 35.5. The number of hydrogen-bond acceptors (Lipinski definition) is 3. The second-order valence-electron chi connectivity index (χ2n) is 5.37. The van der Waals surface area contributed by atoms with Crippen molar-refractivity contribution in [2.75, 3.05) is 13.1 Å². The fraction of sp³-hybridized carbons (Fsp3) is 0.500. The summed E-state index contributed by atoms with van der Waals surface area (Å²) in [7, 11) is 0. The fourth-order valence-corrected chi connectivity index (χ4v) is 1.94. The van der Waals surface area contributed by atoms with E-state index in [1.807, 2.05) is 24.3 Å². The van der Waals surface area contributed by atoms with Crippen LogP contribution in [0.4, 0.5) is 0 Å². The highest BCUT2D eigenvalue weighted by molar-refractivity contribution is 6.53. The first-order valence-electron chi connectivity index (χ1n) is 7.41. The van der Waals surface area contributed by atoms with Crippen LogP contribution in [0.3, 0.4) is 0 Å². The largest absolute Gasteiger partial charge is 0.481 e. The van der Waals surface area contributed by atoms with Gasteiger partial charge in [-0.1, -0.05) is 49.2 Å². The zero-order valence-electron chi connectivity index (χ0n) is 13.4. The third kappa shape index (κ3) is 7.10. The Balaban J connectivity index is 2.35. The average molecular weight is 361 g/mol. The van der Waals surface area contributed by atoms with Gasteiger partial charge in [0.2, 0.25) is 0 Å². The zero-order valence-corrected chi connectivity index (χ0v) is 14.9. The van der Waals surface area contributed by atoms with Crippen LogP contribution in [0.25, 0.3) is 0 Å². The zero-order chi connectivity index (χ0) is 17.4. The van der Waals surface area contributed by atoms with E-state index in [-0.39, 0.29) is 19.0 Å². The smallest absolute Gasteiger partial charge is 0.260 e. The monoisotopic (exact) mass is 360 g/mol. The summed E-state index contributed by atoms with van der Waals surface area (Å²) in [5.74, 6) is 0.329. The second kappa shape index (κ2) is 9.63. The molecule has 5 nitrogen and oxygen atoms in total. The maximum absolute atomic E-state index is 11.9. The number of alkyl halides is 2. The van der Waals surface area contributed by atoms with Gasteiger partial charge in [0.1, 0.15) is 5.75 Å². The van der Waals surface area contributed by atoms with E-state index >= 15 is 0 Å². The summed E-state index contributed by atoms with van der Waals surface area (Å²) >= 11 is 10.8. The van der Waals surface area contributed by atoms with Crippen LogP contribution >= 0.6 is 23.2 Å². The first kappa shape index (κ1) is 19.6. The Morgan fingerprint density at radius 2 is 1.52 bits per heavy atom. The molecule has 1 rings (SSSR count). The maximum atomic E-state index is 11.9. The van der Waals surface area contributed by atoms with E-state index in [1.54, 1.807) is 6.92 Å². The lowest BCUT2D eigenvalue weighted by molar-refractivity contribution is -0.127. The van der Waals surface area contributed by atoms with Crippen molar-refractivity contribution in [2.24, 2.45) is 0 Å². The van der Waals surface area contributed by atoms with E-state index in [0.29, 0.717) is 11.7 Å². The van der Waals surface area contributed by atoms with Crippen LogP contribution < -0.4 is 15.4 Å². The Morgan fingerprint density at radius 3 is 2.00 bits per heavy atom. The second-order valence-corrected chi connectivity index (χ2v) is 6.46. The predicted molar refractivity (Wildman–Crippen MR) is 92.1 cm³/mol. The lowest BCUT2D eigenvalue weighted by Crippen LogP contribution is -2.41. The van der Waals surface area contributed by atoms with Crippen LogP contribution in [-0.4, -0.2) is 35.8 Å². The van der Waals surface area contributed by atoms with Gasteiger partial charge in [-0.3, -0.25) is 9.59 Å². The molecule has 0 bridgehead atoms. The Hall–Kier alpha value is -1.46. The van der Waals surface area contributed by atoms with Crippen LogP contribution in [0, 0.1) is 0 Å². The van der Waals surface area contributed by atoms with Crippen molar-refractivity contribution >= 4 is 35.0 Å². The van der Waals surface area contributed by atoms with Gasteiger partial charge in [0.25, 0.3) is 11.8 Å². The van der Waals surface area contributed by atoms with Gasteiger partial charge in [0, 0.05) is 13.1 Å². The lowest BCUT2D eigenvalue weighted by Gasteiger charge is -2.15. The van der Waals surface area contributed by atoms with Crippen LogP contribution in [0.1, 0.15) is 32.3 Å². The summed E-state index contributed by atoms with van der Waals surface area (Å²) in [4.78, 5) is 21.9. The summed E-state index contributed by atoms with van der Waals surface area (Å²) in [5, 5.41) is 5.15. The summed E-state index contributed by atoms with van der Waals surface area (Å²) in [5.41, 5.74) is 1.21. The van der Waals surface area contributed by atoms with Crippen molar-refractivity contribution in [3.8, 4) is 5.75 Å². The molecule has 0 spiro atoms. The van der Waals surface area contributed by atoms with Crippen molar-refractivity contribution in [1.82, 2.24) is 10.6 Å². The number of nitrogens with one attached hydrogen (secondary N) is 2. The number of benzene rings is 1. The molecule has 0 aliphatic carbocycles. The predicted octanol–water partition coefficient (Wildman–Crippen LogP) is 2.61. The highest BCUT2D eigenvalue weighted by Crippen LogP contribution is 2.19. The van der Waals surface area contributed by atoms with Gasteiger partial charge in [0.15, 0.2) is 10.9 Å². The number of rotatable bonds is 8. The molecule has 0 fully saturated rings. The third-order valence-electron chi connectivity index (χ3n) is 3.15. The normalized spacial score (nSPS) is 12.1. The van der Waals surface area contributed by atoms with Crippen molar-refractivity contribution in [1.29, 1.82) is 0 Å². The number of amides is 2. The first-order valence-corrected chi connectivity index (χ1v) is 8.28. The third-order valence-corrected chi connectivity index (χ3v) is 3.55. The van der Waals surface area contributed by atoms with Gasteiger partial charge in [-0.15, -0.1) is 0 Å². The number of halogens is 2. The molecule has 0 aromatic heterocycles. The van der Waals surface area contributed by atoms with Crippen molar-refractivity contribution < 1.29 is 14.3 Å². The van der Waals surface area contributed by atoms with Crippen LogP contribution in [-0.2, 0) is 9.59 Å². The Bertz CT molecular complexity index is 519. The quantitative estimate of drug-likeness (QED) is 0.553. The van der Waals surface area contributed by atoms with Gasteiger partial charge in [-0.05, 0) is 30.5 Å². The molecule has 1 aromatic rings. The molecule has 0 aliphatic heterocycles. The van der Waals surface area contributed by atoms with Crippen molar-refractivity contribution in [3.63, 3.8) is 0 Å². The number of carbonyl (C=O) groups excluding carboxylic acids is 2. The molecular formula is C16H22Cl2N2O3. The standard InChI is InChI=1S/C16H22Cl2N2O3/c1-10(2)12-4-6-13(7-5-12)23-11(3)15(21)19-8-9-20-16(22)14(17)18/h4-7,10-11,14H,8-9H2,1-3H3,(H,19,21)(H,20,22). The van der Waals surface area contributed by atoms with Gasteiger partial charge in [-0.2, -0.15) is 0 Å². The molecular weight excluding hydrogens is 339 g/mol. The molecule has 1 aromatic carbocycles. The number of carbonyl (C=O) groups is 2. The van der Waals surface area contributed by atoms with Gasteiger partial charge in [0.05, 0.1) is 0 Å². The molecule has 2 amide bonds. The number of ether oxygens (including phenoxy) is 1. The lowest BCUT2D eigenvalue weighted by atomic mass is 10.0. The molecule has 1 atom stereocenters. The molecule has 7 heteroatoms. The Labute approximate surface area is 146 Å². The van der Waals surface area contributed by atoms with E-state index in [1.165, 1.54) is 5.56 Å². The van der Waals surface area contributed by atoms with E-state index in [4.69, 9.17) is 27.9 Å². The average Bonchev–Trinajstić information content (AvgIpc) is 2.51. The minimum atomic E-state index is -1.11. The van der Waals surface area contributed by atoms with E-state index in [9.17, 15) is 9.59 Å². The Kier molecular flexibility index (Phi) is 8.20. The van der Waals surface area contributed by atoms with E-state index < -0.39 is 16.8 Å². The molecule has 0 aliphatic rings. The SMILES string of the molecule is CC(Oc1ccc(C(C)C)cc1)C(=O)NCCNC(=O)C(Cl)Cl. The summed E-state index contributed by atoms with van der Waals surface area (Å²) < 4.78 is 5.59. The minimum absolute atomic E-state index is 0.246. The molecule has 0 heterocycles. The molecule has 128 valence electrons. The summed E-state index contributed by atoms with van der Waals surface area (Å²) in [6.45, 7) is 6.40. The Morgan fingerprint density at radius 1 is 1.00 bits per heavy atom. The molecule has 0 saturated heterocycles. The molecule has 0 radical (unpaired) electrons.